The van der Waals surface area contributed by atoms with E-state index in [0.29, 0.717) is 21.8 Å². The average molecular weight is 410 g/mol. The number of hydrogen-bond donors (Lipinski definition) is 0. The van der Waals surface area contributed by atoms with Crippen LogP contribution in [0.25, 0.3) is 16.6 Å². The number of fused-ring (bicyclic) bond motifs is 1. The molecule has 0 unspecified atom stereocenters. The first-order chi connectivity index (χ1) is 14.1. The van der Waals surface area contributed by atoms with Gasteiger partial charge in [-0.1, -0.05) is 36.0 Å². The van der Waals surface area contributed by atoms with Gasteiger partial charge in [0.15, 0.2) is 5.16 Å². The van der Waals surface area contributed by atoms with E-state index in [1.54, 1.807) is 31.4 Å². The van der Waals surface area contributed by atoms with E-state index in [9.17, 15) is 13.6 Å². The van der Waals surface area contributed by atoms with E-state index in [2.05, 4.69) is 4.98 Å². The van der Waals surface area contributed by atoms with Gasteiger partial charge in [0.2, 0.25) is 0 Å². The smallest absolute Gasteiger partial charge is 0.266 e. The molecule has 0 N–H and O–H groups in total. The number of ether oxygens (including phenoxy) is 1. The molecule has 0 aliphatic carbocycles. The molecule has 0 atom stereocenters. The van der Waals surface area contributed by atoms with E-state index in [0.717, 1.165) is 23.4 Å². The zero-order valence-corrected chi connectivity index (χ0v) is 16.2. The molecule has 0 bridgehead atoms. The Labute approximate surface area is 169 Å². The highest BCUT2D eigenvalue weighted by Gasteiger charge is 2.17. The highest BCUT2D eigenvalue weighted by molar-refractivity contribution is 7.98. The highest BCUT2D eigenvalue weighted by Crippen LogP contribution is 2.27. The first-order valence-electron chi connectivity index (χ1n) is 8.80. The summed E-state index contributed by atoms with van der Waals surface area (Å²) in [5.74, 6) is -0.326. The summed E-state index contributed by atoms with van der Waals surface area (Å²) in [7, 11) is 1.59. The Morgan fingerprint density at radius 1 is 1.03 bits per heavy atom. The number of methoxy groups -OCH3 is 1. The van der Waals surface area contributed by atoms with Crippen LogP contribution >= 0.6 is 11.8 Å². The second-order valence-electron chi connectivity index (χ2n) is 6.29. The van der Waals surface area contributed by atoms with Gasteiger partial charge in [0.1, 0.15) is 17.4 Å². The first-order valence-corrected chi connectivity index (χ1v) is 9.78. The third-order valence-corrected chi connectivity index (χ3v) is 5.41. The molecule has 0 aliphatic heterocycles. The molecule has 0 saturated heterocycles. The second kappa shape index (κ2) is 8.05. The van der Waals surface area contributed by atoms with Gasteiger partial charge in [0.05, 0.1) is 23.7 Å². The summed E-state index contributed by atoms with van der Waals surface area (Å²) in [5.41, 5.74) is 1.03. The van der Waals surface area contributed by atoms with Crippen molar-refractivity contribution in [2.45, 2.75) is 10.9 Å². The van der Waals surface area contributed by atoms with Crippen LogP contribution in [0.5, 0.6) is 5.75 Å². The molecule has 0 saturated carbocycles. The van der Waals surface area contributed by atoms with E-state index in [-0.39, 0.29) is 5.69 Å². The monoisotopic (exact) mass is 410 g/mol. The minimum Gasteiger partial charge on any atom is -0.497 e. The fourth-order valence-electron chi connectivity index (χ4n) is 2.99. The molecule has 1 aromatic heterocycles. The van der Waals surface area contributed by atoms with Crippen molar-refractivity contribution in [3.05, 3.63) is 94.3 Å². The molecule has 0 fully saturated rings. The van der Waals surface area contributed by atoms with E-state index in [4.69, 9.17) is 4.74 Å². The summed E-state index contributed by atoms with van der Waals surface area (Å²) in [6.45, 7) is 0. The zero-order valence-electron chi connectivity index (χ0n) is 15.4. The Bertz CT molecular complexity index is 1260. The van der Waals surface area contributed by atoms with Crippen LogP contribution in [-0.4, -0.2) is 16.7 Å². The van der Waals surface area contributed by atoms with Crippen LogP contribution in [0.2, 0.25) is 0 Å². The summed E-state index contributed by atoms with van der Waals surface area (Å²) >= 11 is 1.29. The van der Waals surface area contributed by atoms with Crippen molar-refractivity contribution < 1.29 is 13.5 Å². The van der Waals surface area contributed by atoms with Gasteiger partial charge in [-0.3, -0.25) is 9.36 Å². The Kier molecular flexibility index (Phi) is 5.31. The van der Waals surface area contributed by atoms with Crippen molar-refractivity contribution >= 4 is 22.7 Å². The maximum absolute atomic E-state index is 14.5. The quantitative estimate of drug-likeness (QED) is 0.344. The second-order valence-corrected chi connectivity index (χ2v) is 7.23. The van der Waals surface area contributed by atoms with E-state index < -0.39 is 17.2 Å². The minimum atomic E-state index is -0.826. The average Bonchev–Trinajstić information content (AvgIpc) is 2.73. The molecule has 1 heterocycles. The summed E-state index contributed by atoms with van der Waals surface area (Å²) < 4.78 is 34.3. The standard InChI is InChI=1S/C22H16F2N2O2S/c1-28-16-6-4-5-14(11-16)13-29-22-25-19-8-3-2-7-17(19)21(27)26(22)20-10-9-15(23)12-18(20)24/h2-12H,13H2,1H3. The Hall–Kier alpha value is -3.19. The topological polar surface area (TPSA) is 44.1 Å². The Balaban J connectivity index is 1.84. The van der Waals surface area contributed by atoms with E-state index >= 15 is 0 Å². The van der Waals surface area contributed by atoms with Crippen LogP contribution in [0.1, 0.15) is 5.56 Å². The molecule has 0 radical (unpaired) electrons. The third-order valence-electron chi connectivity index (χ3n) is 4.40. The van der Waals surface area contributed by atoms with Crippen molar-refractivity contribution in [3.8, 4) is 11.4 Å². The highest BCUT2D eigenvalue weighted by atomic mass is 32.2. The fourth-order valence-corrected chi connectivity index (χ4v) is 3.94. The van der Waals surface area contributed by atoms with Gasteiger partial charge in [-0.15, -0.1) is 0 Å². The number of halogens is 2. The maximum atomic E-state index is 14.5. The number of benzene rings is 3. The van der Waals surface area contributed by atoms with Crippen LogP contribution in [0.3, 0.4) is 0 Å². The number of para-hydroxylation sites is 1. The molecule has 4 aromatic rings. The molecule has 29 heavy (non-hydrogen) atoms. The molecule has 0 aliphatic rings. The van der Waals surface area contributed by atoms with Gasteiger partial charge in [0, 0.05) is 11.8 Å². The van der Waals surface area contributed by atoms with Gasteiger partial charge in [-0.25, -0.2) is 13.8 Å². The SMILES string of the molecule is COc1cccc(CSc2nc3ccccc3c(=O)n2-c2ccc(F)cc2F)c1. The number of thioether (sulfide) groups is 1. The Morgan fingerprint density at radius 2 is 1.86 bits per heavy atom. The van der Waals surface area contributed by atoms with Crippen molar-refractivity contribution in [3.63, 3.8) is 0 Å². The normalized spacial score (nSPS) is 11.0. The molecule has 3 aromatic carbocycles. The van der Waals surface area contributed by atoms with Gasteiger partial charge >= 0.3 is 0 Å². The van der Waals surface area contributed by atoms with Crippen molar-refractivity contribution in [1.29, 1.82) is 0 Å². The third kappa shape index (κ3) is 3.86. The Morgan fingerprint density at radius 3 is 2.66 bits per heavy atom. The summed E-state index contributed by atoms with van der Waals surface area (Å²) in [6.07, 6.45) is 0. The first kappa shape index (κ1) is 19.1. The number of nitrogens with zero attached hydrogens (tertiary/aromatic N) is 2. The van der Waals surface area contributed by atoms with Crippen LogP contribution in [0.15, 0.2) is 76.7 Å². The molecular formula is C22H16F2N2O2S. The lowest BCUT2D eigenvalue weighted by Gasteiger charge is -2.14. The van der Waals surface area contributed by atoms with Gasteiger partial charge < -0.3 is 4.74 Å². The fraction of sp³-hybridized carbons (Fsp3) is 0.0909. The summed E-state index contributed by atoms with van der Waals surface area (Å²) in [5, 5.41) is 0.684. The minimum absolute atomic E-state index is 0.0391. The van der Waals surface area contributed by atoms with Crippen LogP contribution in [-0.2, 0) is 5.75 Å². The van der Waals surface area contributed by atoms with Gasteiger partial charge in [0.25, 0.3) is 5.56 Å². The molecule has 0 spiro atoms. The van der Waals surface area contributed by atoms with Crippen LogP contribution in [0.4, 0.5) is 8.78 Å². The van der Waals surface area contributed by atoms with Crippen LogP contribution < -0.4 is 10.3 Å². The molecule has 146 valence electrons. The lowest BCUT2D eigenvalue weighted by atomic mass is 10.2. The molecule has 0 amide bonds. The van der Waals surface area contributed by atoms with Gasteiger partial charge in [-0.2, -0.15) is 0 Å². The number of rotatable bonds is 5. The largest absolute Gasteiger partial charge is 0.497 e. The van der Waals surface area contributed by atoms with E-state index in [1.807, 2.05) is 24.3 Å². The maximum Gasteiger partial charge on any atom is 0.266 e. The summed E-state index contributed by atoms with van der Waals surface area (Å²) in [6, 6.07) is 17.5. The van der Waals surface area contributed by atoms with Crippen LogP contribution in [0, 0.1) is 11.6 Å². The lowest BCUT2D eigenvalue weighted by Crippen LogP contribution is -2.22. The number of hydrogen-bond acceptors (Lipinski definition) is 4. The number of aromatic nitrogens is 2. The van der Waals surface area contributed by atoms with Crippen molar-refractivity contribution in [2.75, 3.05) is 7.11 Å². The van der Waals surface area contributed by atoms with Gasteiger partial charge in [-0.05, 0) is 42.0 Å². The lowest BCUT2D eigenvalue weighted by molar-refractivity contribution is 0.414. The predicted molar refractivity (Wildman–Crippen MR) is 110 cm³/mol. The zero-order chi connectivity index (χ0) is 20.4. The van der Waals surface area contributed by atoms with Crippen molar-refractivity contribution in [2.24, 2.45) is 0 Å². The van der Waals surface area contributed by atoms with E-state index in [1.165, 1.54) is 22.4 Å². The molecular weight excluding hydrogens is 394 g/mol. The molecule has 7 heteroatoms. The van der Waals surface area contributed by atoms with Crippen molar-refractivity contribution in [1.82, 2.24) is 9.55 Å². The summed E-state index contributed by atoms with van der Waals surface area (Å²) in [4.78, 5) is 17.7. The predicted octanol–water partition coefficient (Wildman–Crippen LogP) is 4.96. The molecule has 4 rings (SSSR count). The molecule has 4 nitrogen and oxygen atoms in total.